The summed E-state index contributed by atoms with van der Waals surface area (Å²) in [7, 11) is 0. The number of non-ortho nitro benzene ring substituents is 1. The Balaban J connectivity index is 1.45. The number of aliphatic imine (C=N–C) groups is 1. The molecule has 4 rings (SSSR count). The van der Waals surface area contributed by atoms with Crippen molar-refractivity contribution in [1.29, 1.82) is 0 Å². The largest absolute Gasteiger partial charge is 0.490 e. The van der Waals surface area contributed by atoms with Gasteiger partial charge in [-0.05, 0) is 67.1 Å². The lowest BCUT2D eigenvalue weighted by Crippen LogP contribution is -2.36. The molecule has 1 fully saturated rings. The zero-order chi connectivity index (χ0) is 24.6. The minimum atomic E-state index is -0.636. The molecule has 3 aromatic rings. The summed E-state index contributed by atoms with van der Waals surface area (Å²) in [5, 5.41) is 10.8. The molecule has 3 aromatic carbocycles. The molecule has 9 heteroatoms. The monoisotopic (exact) mass is 475 g/mol. The van der Waals surface area contributed by atoms with E-state index in [1.165, 1.54) is 24.3 Å². The molecule has 0 amide bonds. The molecule has 1 heterocycles. The van der Waals surface area contributed by atoms with Gasteiger partial charge in [-0.1, -0.05) is 0 Å². The van der Waals surface area contributed by atoms with Gasteiger partial charge in [0.1, 0.15) is 0 Å². The van der Waals surface area contributed by atoms with Crippen molar-refractivity contribution < 1.29 is 23.9 Å². The maximum atomic E-state index is 12.5. The van der Waals surface area contributed by atoms with E-state index in [9.17, 15) is 14.9 Å². The smallest absolute Gasteiger partial charge is 0.343 e. The van der Waals surface area contributed by atoms with Crippen LogP contribution in [-0.4, -0.2) is 50.0 Å². The van der Waals surface area contributed by atoms with Crippen LogP contribution in [0, 0.1) is 10.1 Å². The number of carbonyl (C=O) groups is 1. The predicted molar refractivity (Wildman–Crippen MR) is 132 cm³/mol. The number of hydrogen-bond acceptors (Lipinski definition) is 8. The van der Waals surface area contributed by atoms with E-state index >= 15 is 0 Å². The molecule has 0 aliphatic carbocycles. The maximum Gasteiger partial charge on any atom is 0.343 e. The first-order valence-corrected chi connectivity index (χ1v) is 11.2. The van der Waals surface area contributed by atoms with E-state index in [0.717, 1.165) is 43.2 Å². The average Bonchev–Trinajstić information content (AvgIpc) is 2.89. The van der Waals surface area contributed by atoms with E-state index < -0.39 is 10.9 Å². The molecule has 1 aliphatic rings. The number of nitrogens with zero attached hydrogens (tertiary/aromatic N) is 3. The zero-order valence-electron chi connectivity index (χ0n) is 19.3. The summed E-state index contributed by atoms with van der Waals surface area (Å²) < 4.78 is 16.5. The number of benzene rings is 3. The molecule has 0 unspecified atom stereocenters. The molecule has 9 nitrogen and oxygen atoms in total. The molecule has 0 spiro atoms. The van der Waals surface area contributed by atoms with E-state index in [1.807, 2.05) is 31.2 Å². The van der Waals surface area contributed by atoms with Gasteiger partial charge in [0.05, 0.1) is 36.0 Å². The lowest BCUT2D eigenvalue weighted by molar-refractivity contribution is -0.384. The van der Waals surface area contributed by atoms with Crippen molar-refractivity contribution in [2.75, 3.05) is 37.8 Å². The second-order valence-electron chi connectivity index (χ2n) is 7.71. The summed E-state index contributed by atoms with van der Waals surface area (Å²) in [5.41, 5.74) is 2.83. The maximum absolute atomic E-state index is 12.5. The van der Waals surface area contributed by atoms with Crippen LogP contribution in [0.15, 0.2) is 71.7 Å². The van der Waals surface area contributed by atoms with Crippen LogP contribution < -0.4 is 14.4 Å². The minimum Gasteiger partial charge on any atom is -0.490 e. The fourth-order valence-electron chi connectivity index (χ4n) is 3.56. The summed E-state index contributed by atoms with van der Waals surface area (Å²) in [6.45, 7) is 5.45. The van der Waals surface area contributed by atoms with Crippen LogP contribution in [-0.2, 0) is 4.74 Å². The van der Waals surface area contributed by atoms with E-state index in [2.05, 4.69) is 9.89 Å². The van der Waals surface area contributed by atoms with E-state index in [1.54, 1.807) is 24.4 Å². The lowest BCUT2D eigenvalue weighted by atomic mass is 10.2. The molecule has 0 saturated carbocycles. The predicted octanol–water partition coefficient (Wildman–Crippen LogP) is 4.80. The van der Waals surface area contributed by atoms with Gasteiger partial charge in [-0.15, -0.1) is 0 Å². The van der Waals surface area contributed by atoms with Crippen molar-refractivity contribution in [3.63, 3.8) is 0 Å². The molecule has 180 valence electrons. The minimum absolute atomic E-state index is 0.101. The first-order valence-electron chi connectivity index (χ1n) is 11.2. The Bertz CT molecular complexity index is 1200. The number of nitro benzene ring substituents is 1. The van der Waals surface area contributed by atoms with E-state index in [0.29, 0.717) is 12.4 Å². The second-order valence-corrected chi connectivity index (χ2v) is 7.71. The highest BCUT2D eigenvalue weighted by Gasteiger charge is 2.15. The zero-order valence-corrected chi connectivity index (χ0v) is 19.3. The Morgan fingerprint density at radius 2 is 1.77 bits per heavy atom. The van der Waals surface area contributed by atoms with Gasteiger partial charge >= 0.3 is 5.97 Å². The first-order chi connectivity index (χ1) is 17.0. The number of carbonyl (C=O) groups excluding carboxylic acids is 1. The Hall–Kier alpha value is -4.24. The second kappa shape index (κ2) is 11.3. The summed E-state index contributed by atoms with van der Waals surface area (Å²) in [6.07, 6.45) is 1.72. The van der Waals surface area contributed by atoms with Gasteiger partial charge in [-0.2, -0.15) is 0 Å². The molecule has 0 atom stereocenters. The third-order valence-corrected chi connectivity index (χ3v) is 5.37. The standard InChI is InChI=1S/C26H25N3O6/c1-2-34-25-17-19(18-27-21-6-10-22(11-7-21)28-13-15-33-16-14-28)3-12-24(25)35-26(30)20-4-8-23(9-5-20)29(31)32/h3-12,17-18H,2,13-16H2,1H3. The number of nitro groups is 1. The van der Waals surface area contributed by atoms with Gasteiger partial charge in [0.15, 0.2) is 11.5 Å². The summed E-state index contributed by atoms with van der Waals surface area (Å²) >= 11 is 0. The van der Waals surface area contributed by atoms with Crippen LogP contribution in [0.5, 0.6) is 11.5 Å². The molecule has 0 aromatic heterocycles. The highest BCUT2D eigenvalue weighted by Crippen LogP contribution is 2.29. The Morgan fingerprint density at radius 1 is 1.06 bits per heavy atom. The number of rotatable bonds is 8. The number of ether oxygens (including phenoxy) is 3. The van der Waals surface area contributed by atoms with Crippen LogP contribution in [0.4, 0.5) is 17.1 Å². The number of hydrogen-bond donors (Lipinski definition) is 0. The quantitative estimate of drug-likeness (QED) is 0.152. The normalized spacial score (nSPS) is 13.6. The van der Waals surface area contributed by atoms with Crippen molar-refractivity contribution in [1.82, 2.24) is 0 Å². The van der Waals surface area contributed by atoms with Gasteiger partial charge in [-0.25, -0.2) is 4.79 Å². The average molecular weight is 476 g/mol. The number of esters is 1. The number of morpholine rings is 1. The van der Waals surface area contributed by atoms with Gasteiger partial charge in [0.25, 0.3) is 5.69 Å². The van der Waals surface area contributed by atoms with Crippen molar-refractivity contribution in [2.24, 2.45) is 4.99 Å². The third-order valence-electron chi connectivity index (χ3n) is 5.37. The summed E-state index contributed by atoms with van der Waals surface area (Å²) in [4.78, 5) is 29.6. The molecule has 0 N–H and O–H groups in total. The topological polar surface area (TPSA) is 104 Å². The van der Waals surface area contributed by atoms with E-state index in [4.69, 9.17) is 14.2 Å². The Kier molecular flexibility index (Phi) is 7.69. The SMILES string of the molecule is CCOc1cc(C=Nc2ccc(N3CCOCC3)cc2)ccc1OC(=O)c1ccc([N+](=O)[O-])cc1. The molecule has 0 radical (unpaired) electrons. The lowest BCUT2D eigenvalue weighted by Gasteiger charge is -2.28. The van der Waals surface area contributed by atoms with Gasteiger partial charge < -0.3 is 19.1 Å². The molecular weight excluding hydrogens is 450 g/mol. The third kappa shape index (κ3) is 6.21. The Labute approximate surface area is 202 Å². The molecular formula is C26H25N3O6. The highest BCUT2D eigenvalue weighted by atomic mass is 16.6. The van der Waals surface area contributed by atoms with Crippen LogP contribution >= 0.6 is 0 Å². The Morgan fingerprint density at radius 3 is 2.43 bits per heavy atom. The summed E-state index contributed by atoms with van der Waals surface area (Å²) in [6, 6.07) is 18.4. The molecule has 1 aliphatic heterocycles. The number of anilines is 1. The first kappa shape index (κ1) is 23.9. The van der Waals surface area contributed by atoms with Crippen molar-refractivity contribution >= 4 is 29.2 Å². The van der Waals surface area contributed by atoms with Gasteiger partial charge in [0, 0.05) is 37.1 Å². The molecule has 35 heavy (non-hydrogen) atoms. The summed E-state index contributed by atoms with van der Waals surface area (Å²) in [5.74, 6) is 0.0132. The van der Waals surface area contributed by atoms with Crippen LogP contribution in [0.25, 0.3) is 0 Å². The van der Waals surface area contributed by atoms with Crippen LogP contribution in [0.3, 0.4) is 0 Å². The fourth-order valence-corrected chi connectivity index (χ4v) is 3.56. The van der Waals surface area contributed by atoms with Crippen molar-refractivity contribution in [2.45, 2.75) is 6.92 Å². The van der Waals surface area contributed by atoms with Gasteiger partial charge in [0.2, 0.25) is 0 Å². The molecule has 0 bridgehead atoms. The van der Waals surface area contributed by atoms with Crippen molar-refractivity contribution in [3.8, 4) is 11.5 Å². The van der Waals surface area contributed by atoms with Crippen LogP contribution in [0.1, 0.15) is 22.8 Å². The fraction of sp³-hybridized carbons (Fsp3) is 0.231. The van der Waals surface area contributed by atoms with Gasteiger partial charge in [-0.3, -0.25) is 15.1 Å². The molecule has 1 saturated heterocycles. The van der Waals surface area contributed by atoms with Crippen LogP contribution in [0.2, 0.25) is 0 Å². The van der Waals surface area contributed by atoms with E-state index in [-0.39, 0.29) is 17.0 Å². The highest BCUT2D eigenvalue weighted by molar-refractivity contribution is 5.92. The van der Waals surface area contributed by atoms with Crippen molar-refractivity contribution in [3.05, 3.63) is 88.0 Å².